The summed E-state index contributed by atoms with van der Waals surface area (Å²) in [5.41, 5.74) is 2.65. The molecule has 1 amide bonds. The summed E-state index contributed by atoms with van der Waals surface area (Å²) >= 11 is 0. The highest BCUT2D eigenvalue weighted by Gasteiger charge is 2.19. The van der Waals surface area contributed by atoms with Crippen LogP contribution in [-0.4, -0.2) is 30.1 Å². The van der Waals surface area contributed by atoms with E-state index >= 15 is 0 Å². The van der Waals surface area contributed by atoms with Crippen LogP contribution in [0.1, 0.15) is 17.3 Å². The second-order valence-corrected chi connectivity index (χ2v) is 6.61. The molecule has 0 aliphatic heterocycles. The monoisotopic (exact) mass is 416 g/mol. The molecular formula is C24H20N2O5. The lowest BCUT2D eigenvalue weighted by Crippen LogP contribution is -2.21. The normalized spacial score (nSPS) is 10.6. The Balaban J connectivity index is 1.42. The average Bonchev–Trinajstić information content (AvgIpc) is 3.23. The van der Waals surface area contributed by atoms with Crippen LogP contribution in [-0.2, 0) is 9.53 Å². The number of amides is 1. The fourth-order valence-corrected chi connectivity index (χ4v) is 3.04. The van der Waals surface area contributed by atoms with Gasteiger partial charge in [-0.15, -0.1) is 0 Å². The van der Waals surface area contributed by atoms with E-state index < -0.39 is 18.5 Å². The summed E-state index contributed by atoms with van der Waals surface area (Å²) in [7, 11) is 0. The molecule has 0 radical (unpaired) electrons. The molecule has 0 aliphatic rings. The third-order valence-corrected chi connectivity index (χ3v) is 4.45. The predicted octanol–water partition coefficient (Wildman–Crippen LogP) is 4.69. The third-order valence-electron chi connectivity index (χ3n) is 4.45. The van der Waals surface area contributed by atoms with Gasteiger partial charge < -0.3 is 19.2 Å². The van der Waals surface area contributed by atoms with E-state index in [9.17, 15) is 9.59 Å². The molecule has 7 nitrogen and oxygen atoms in total. The number of hydrogen-bond donors (Lipinski definition) is 1. The first-order chi connectivity index (χ1) is 15.1. The minimum absolute atomic E-state index is 0.267. The maximum Gasteiger partial charge on any atom is 0.339 e. The van der Waals surface area contributed by atoms with Crippen molar-refractivity contribution in [3.8, 4) is 17.2 Å². The van der Waals surface area contributed by atoms with Crippen LogP contribution in [0.2, 0.25) is 0 Å². The third kappa shape index (κ3) is 4.72. The van der Waals surface area contributed by atoms with E-state index in [1.54, 1.807) is 54.6 Å². The van der Waals surface area contributed by atoms with Crippen molar-refractivity contribution < 1.29 is 23.5 Å². The van der Waals surface area contributed by atoms with Gasteiger partial charge in [0.05, 0.1) is 17.7 Å². The number of rotatable bonds is 7. The van der Waals surface area contributed by atoms with E-state index in [0.717, 1.165) is 0 Å². The maximum atomic E-state index is 12.6. The summed E-state index contributed by atoms with van der Waals surface area (Å²) in [4.78, 5) is 29.3. The second kappa shape index (κ2) is 9.13. The molecule has 1 aromatic heterocycles. The molecule has 0 unspecified atom stereocenters. The molecule has 3 aromatic carbocycles. The number of fused-ring (bicyclic) bond motifs is 1. The van der Waals surface area contributed by atoms with Gasteiger partial charge in [0, 0.05) is 5.69 Å². The van der Waals surface area contributed by atoms with Crippen LogP contribution in [0.4, 0.5) is 5.69 Å². The Hall–Kier alpha value is -4.13. The molecule has 0 aliphatic carbocycles. The summed E-state index contributed by atoms with van der Waals surface area (Å²) in [5.74, 6) is -0.0631. The molecule has 1 N–H and O–H groups in total. The van der Waals surface area contributed by atoms with E-state index in [1.807, 2.05) is 25.1 Å². The minimum atomic E-state index is -0.639. The Morgan fingerprint density at radius 2 is 1.71 bits per heavy atom. The number of nitrogens with one attached hydrogen (secondary N) is 1. The number of benzene rings is 3. The molecule has 1 heterocycles. The molecular weight excluding hydrogens is 396 g/mol. The molecule has 0 saturated heterocycles. The molecule has 0 bridgehead atoms. The van der Waals surface area contributed by atoms with Crippen molar-refractivity contribution >= 4 is 28.7 Å². The van der Waals surface area contributed by atoms with Gasteiger partial charge in [0.2, 0.25) is 5.89 Å². The van der Waals surface area contributed by atoms with Crippen molar-refractivity contribution in [1.29, 1.82) is 0 Å². The van der Waals surface area contributed by atoms with Crippen molar-refractivity contribution in [2.45, 2.75) is 6.92 Å². The Morgan fingerprint density at radius 1 is 0.968 bits per heavy atom. The molecule has 4 aromatic rings. The van der Waals surface area contributed by atoms with Crippen molar-refractivity contribution in [2.24, 2.45) is 0 Å². The van der Waals surface area contributed by atoms with Gasteiger partial charge in [-0.05, 0) is 55.5 Å². The summed E-state index contributed by atoms with van der Waals surface area (Å²) in [5, 5.41) is 2.68. The van der Waals surface area contributed by atoms with Gasteiger partial charge >= 0.3 is 5.97 Å². The Labute approximate surface area is 178 Å². The largest absolute Gasteiger partial charge is 0.494 e. The molecule has 156 valence electrons. The average molecular weight is 416 g/mol. The van der Waals surface area contributed by atoms with Crippen LogP contribution in [0.3, 0.4) is 0 Å². The zero-order valence-corrected chi connectivity index (χ0v) is 16.8. The topological polar surface area (TPSA) is 90.7 Å². The summed E-state index contributed by atoms with van der Waals surface area (Å²) in [6.07, 6.45) is 0. The molecule has 0 atom stereocenters. The fraction of sp³-hybridized carbons (Fsp3) is 0.125. The van der Waals surface area contributed by atoms with Crippen molar-refractivity contribution in [3.63, 3.8) is 0 Å². The number of oxazole rings is 1. The number of aromatic nitrogens is 1. The highest BCUT2D eigenvalue weighted by atomic mass is 16.5. The number of carbonyl (C=O) groups excluding carboxylic acids is 2. The second-order valence-electron chi connectivity index (χ2n) is 6.61. The van der Waals surface area contributed by atoms with Gasteiger partial charge in [-0.1, -0.05) is 24.3 Å². The zero-order valence-electron chi connectivity index (χ0n) is 16.8. The fourth-order valence-electron chi connectivity index (χ4n) is 3.04. The van der Waals surface area contributed by atoms with Crippen molar-refractivity contribution in [1.82, 2.24) is 4.98 Å². The maximum absolute atomic E-state index is 12.6. The molecule has 0 fully saturated rings. The van der Waals surface area contributed by atoms with E-state index in [-0.39, 0.29) is 5.56 Å². The number of para-hydroxylation sites is 2. The van der Waals surface area contributed by atoms with Crippen LogP contribution in [0.25, 0.3) is 22.6 Å². The van der Waals surface area contributed by atoms with Gasteiger partial charge in [-0.2, -0.15) is 0 Å². The Kier molecular flexibility index (Phi) is 5.93. The molecule has 0 spiro atoms. The first-order valence-corrected chi connectivity index (χ1v) is 9.79. The van der Waals surface area contributed by atoms with Crippen LogP contribution in [0, 0.1) is 0 Å². The van der Waals surface area contributed by atoms with E-state index in [1.165, 1.54) is 0 Å². The number of esters is 1. The Bertz CT molecular complexity index is 1180. The summed E-state index contributed by atoms with van der Waals surface area (Å²) < 4.78 is 16.3. The lowest BCUT2D eigenvalue weighted by Gasteiger charge is -2.09. The number of anilines is 1. The van der Waals surface area contributed by atoms with Gasteiger partial charge in [0.15, 0.2) is 12.2 Å². The lowest BCUT2D eigenvalue weighted by atomic mass is 10.1. The van der Waals surface area contributed by atoms with E-state index in [0.29, 0.717) is 40.6 Å². The smallest absolute Gasteiger partial charge is 0.339 e. The summed E-state index contributed by atoms with van der Waals surface area (Å²) in [6, 6.07) is 21.1. The van der Waals surface area contributed by atoms with Crippen LogP contribution >= 0.6 is 0 Å². The zero-order chi connectivity index (χ0) is 21.6. The standard InChI is InChI=1S/C24H20N2O5/c1-2-29-17-13-11-16(12-14-17)25-22(27)15-30-24(28)19-8-4-3-7-18(19)23-26-20-9-5-6-10-21(20)31-23/h3-14H,2,15H2,1H3,(H,25,27). The quantitative estimate of drug-likeness (QED) is 0.440. The SMILES string of the molecule is CCOc1ccc(NC(=O)COC(=O)c2ccccc2-c2nc3ccccc3o2)cc1. The first-order valence-electron chi connectivity index (χ1n) is 9.79. The lowest BCUT2D eigenvalue weighted by molar-refractivity contribution is -0.119. The van der Waals surface area contributed by atoms with Crippen molar-refractivity contribution in [2.75, 3.05) is 18.5 Å². The first kappa shape index (κ1) is 20.2. The highest BCUT2D eigenvalue weighted by Crippen LogP contribution is 2.27. The van der Waals surface area contributed by atoms with Crippen LogP contribution < -0.4 is 10.1 Å². The molecule has 31 heavy (non-hydrogen) atoms. The molecule has 0 saturated carbocycles. The van der Waals surface area contributed by atoms with Gasteiger partial charge in [-0.25, -0.2) is 9.78 Å². The van der Waals surface area contributed by atoms with Gasteiger partial charge in [0.1, 0.15) is 11.3 Å². The molecule has 4 rings (SSSR count). The van der Waals surface area contributed by atoms with Gasteiger partial charge in [-0.3, -0.25) is 4.79 Å². The number of carbonyl (C=O) groups is 2. The summed E-state index contributed by atoms with van der Waals surface area (Å²) in [6.45, 7) is 2.03. The Morgan fingerprint density at radius 3 is 2.48 bits per heavy atom. The van der Waals surface area contributed by atoms with Crippen LogP contribution in [0.5, 0.6) is 5.75 Å². The number of nitrogens with zero attached hydrogens (tertiary/aromatic N) is 1. The predicted molar refractivity (Wildman–Crippen MR) is 116 cm³/mol. The highest BCUT2D eigenvalue weighted by molar-refractivity contribution is 5.99. The number of ether oxygens (including phenoxy) is 2. The van der Waals surface area contributed by atoms with E-state index in [2.05, 4.69) is 10.3 Å². The van der Waals surface area contributed by atoms with Crippen LogP contribution in [0.15, 0.2) is 77.2 Å². The van der Waals surface area contributed by atoms with Crippen molar-refractivity contribution in [3.05, 3.63) is 78.4 Å². The van der Waals surface area contributed by atoms with E-state index in [4.69, 9.17) is 13.9 Å². The number of hydrogen-bond acceptors (Lipinski definition) is 6. The minimum Gasteiger partial charge on any atom is -0.494 e. The van der Waals surface area contributed by atoms with Gasteiger partial charge in [0.25, 0.3) is 5.91 Å². The molecule has 7 heteroatoms.